The highest BCUT2D eigenvalue weighted by atomic mass is 16.3. The van der Waals surface area contributed by atoms with Crippen LogP contribution >= 0.6 is 0 Å². The third kappa shape index (κ3) is 4.24. The number of carbonyl (C=O) groups excluding carboxylic acids is 2. The van der Waals surface area contributed by atoms with Gasteiger partial charge >= 0.3 is 0 Å². The largest absolute Gasteiger partial charge is 0.394 e. The van der Waals surface area contributed by atoms with Crippen LogP contribution in [0.15, 0.2) is 70.4 Å². The molecule has 0 bridgehead atoms. The lowest BCUT2D eigenvalue weighted by Crippen LogP contribution is -2.73. The minimum Gasteiger partial charge on any atom is -0.394 e. The summed E-state index contributed by atoms with van der Waals surface area (Å²) in [4.78, 5) is 36.8. The van der Waals surface area contributed by atoms with Crippen molar-refractivity contribution in [1.29, 1.82) is 0 Å². The van der Waals surface area contributed by atoms with Crippen LogP contribution in [0, 0.1) is 6.92 Å². The molecule has 3 atom stereocenters. The summed E-state index contributed by atoms with van der Waals surface area (Å²) in [5, 5.41) is 10.0. The molecule has 2 aliphatic rings. The zero-order chi connectivity index (χ0) is 23.5. The summed E-state index contributed by atoms with van der Waals surface area (Å²) in [6.07, 6.45) is 2.81. The monoisotopic (exact) mass is 444 g/mol. The second kappa shape index (κ2) is 9.50. The van der Waals surface area contributed by atoms with Gasteiger partial charge in [0, 0.05) is 18.7 Å². The zero-order valence-electron chi connectivity index (χ0n) is 18.9. The molecule has 2 aromatic rings. The van der Waals surface area contributed by atoms with Crippen molar-refractivity contribution in [2.45, 2.75) is 31.8 Å². The Morgan fingerprint density at radius 1 is 1.21 bits per heavy atom. The van der Waals surface area contributed by atoms with E-state index in [1.165, 1.54) is 22.9 Å². The molecular formula is C26H28N4O3. The van der Waals surface area contributed by atoms with Crippen LogP contribution < -0.4 is 0 Å². The van der Waals surface area contributed by atoms with E-state index in [4.69, 9.17) is 0 Å². The van der Waals surface area contributed by atoms with E-state index in [1.54, 1.807) is 11.8 Å². The third-order valence-electron chi connectivity index (χ3n) is 6.39. The molecule has 1 unspecified atom stereocenters. The van der Waals surface area contributed by atoms with Crippen LogP contribution in [0.2, 0.25) is 0 Å². The normalized spacial score (nSPS) is 22.8. The van der Waals surface area contributed by atoms with Crippen LogP contribution in [0.1, 0.15) is 24.0 Å². The Hall–Kier alpha value is -3.58. The van der Waals surface area contributed by atoms with Crippen LogP contribution in [0.3, 0.4) is 0 Å². The first kappa shape index (κ1) is 22.6. The lowest BCUT2D eigenvalue weighted by atomic mass is 9.73. The fraction of sp³-hybridized carbons (Fsp3) is 0.308. The predicted octanol–water partition coefficient (Wildman–Crippen LogP) is 2.79. The van der Waals surface area contributed by atoms with Crippen molar-refractivity contribution in [3.05, 3.63) is 71.6 Å². The Balaban J connectivity index is 1.58. The van der Waals surface area contributed by atoms with E-state index in [0.717, 1.165) is 16.7 Å². The minimum absolute atomic E-state index is 0.0431. The van der Waals surface area contributed by atoms with E-state index >= 15 is 0 Å². The van der Waals surface area contributed by atoms with Crippen molar-refractivity contribution in [1.82, 2.24) is 9.80 Å². The van der Waals surface area contributed by atoms with Crippen molar-refractivity contribution in [3.8, 4) is 11.1 Å². The number of aliphatic hydroxyl groups excluding tert-OH is 1. The number of aryl methyl sites for hydroxylation is 1. The summed E-state index contributed by atoms with van der Waals surface area (Å²) in [5.41, 5.74) is 4.64. The summed E-state index contributed by atoms with van der Waals surface area (Å²) in [6, 6.07) is 16.1. The van der Waals surface area contributed by atoms with Crippen LogP contribution in [-0.4, -0.2) is 71.4 Å². The number of carbonyl (C=O) groups is 2. The van der Waals surface area contributed by atoms with Gasteiger partial charge < -0.3 is 14.9 Å². The number of piperazine rings is 1. The number of rotatable bonds is 6. The molecular weight excluding hydrogens is 416 g/mol. The first-order valence-electron chi connectivity index (χ1n) is 11.0. The van der Waals surface area contributed by atoms with E-state index in [1.807, 2.05) is 6.07 Å². The molecule has 0 radical (unpaired) electrons. The standard InChI is InChI=1S/C26H28N4O3/c1-4-28-21(13-27-3)26(33)29-14-22-25(23(16-31)30(22)24(32)15-29)19-10-8-18(9-11-19)20-7-5-6-17(2)12-20/h4-13,22-23,25,31H,3,14-16H2,1-2H3/b21-13-,28-4-/t22?,23-,25+/m1/s1. The summed E-state index contributed by atoms with van der Waals surface area (Å²) in [6.45, 7) is 7.38. The Kier molecular flexibility index (Phi) is 6.51. The topological polar surface area (TPSA) is 85.6 Å². The van der Waals surface area contributed by atoms with Crippen molar-refractivity contribution >= 4 is 24.7 Å². The van der Waals surface area contributed by atoms with Crippen molar-refractivity contribution in [2.75, 3.05) is 19.7 Å². The fourth-order valence-corrected chi connectivity index (χ4v) is 4.91. The smallest absolute Gasteiger partial charge is 0.274 e. The van der Waals surface area contributed by atoms with Gasteiger partial charge in [-0.25, -0.2) is 0 Å². The summed E-state index contributed by atoms with van der Waals surface area (Å²) in [7, 11) is 0. The molecule has 170 valence electrons. The quantitative estimate of drug-likeness (QED) is 0.549. The lowest BCUT2D eigenvalue weighted by Gasteiger charge is -2.58. The SMILES string of the molecule is C=N/C=C(\N=C/C)C(=O)N1CC(=O)N2C(C1)[C@H](c1ccc(-c3cccc(C)c3)cc1)[C@H]2CO. The van der Waals surface area contributed by atoms with E-state index in [2.05, 4.69) is 66.1 Å². The molecule has 7 heteroatoms. The molecule has 2 aromatic carbocycles. The fourth-order valence-electron chi connectivity index (χ4n) is 4.91. The Morgan fingerprint density at radius 2 is 1.97 bits per heavy atom. The molecule has 0 aliphatic carbocycles. The van der Waals surface area contributed by atoms with Crippen LogP contribution in [-0.2, 0) is 9.59 Å². The zero-order valence-corrected chi connectivity index (χ0v) is 18.9. The summed E-state index contributed by atoms with van der Waals surface area (Å²) >= 11 is 0. The Labute approximate surface area is 193 Å². The van der Waals surface area contributed by atoms with Crippen molar-refractivity contribution in [3.63, 3.8) is 0 Å². The van der Waals surface area contributed by atoms with E-state index in [9.17, 15) is 14.7 Å². The Bertz CT molecular complexity index is 1120. The molecule has 4 rings (SSSR count). The highest BCUT2D eigenvalue weighted by Gasteiger charge is 2.54. The van der Waals surface area contributed by atoms with E-state index in [-0.39, 0.29) is 48.7 Å². The van der Waals surface area contributed by atoms with Gasteiger partial charge in [0.2, 0.25) is 5.91 Å². The second-order valence-corrected chi connectivity index (χ2v) is 8.41. The third-order valence-corrected chi connectivity index (χ3v) is 6.39. The molecule has 2 heterocycles. The van der Waals surface area contributed by atoms with Crippen LogP contribution in [0.5, 0.6) is 0 Å². The van der Waals surface area contributed by atoms with Crippen LogP contribution in [0.25, 0.3) is 11.1 Å². The molecule has 7 nitrogen and oxygen atoms in total. The van der Waals surface area contributed by atoms with Gasteiger partial charge in [0.15, 0.2) is 0 Å². The second-order valence-electron chi connectivity index (χ2n) is 8.41. The number of aliphatic hydroxyl groups is 1. The number of amides is 2. The number of nitrogens with zero attached hydrogens (tertiary/aromatic N) is 4. The molecule has 2 fully saturated rings. The lowest BCUT2D eigenvalue weighted by molar-refractivity contribution is -0.165. The molecule has 2 amide bonds. The maximum Gasteiger partial charge on any atom is 0.274 e. The molecule has 2 saturated heterocycles. The molecule has 0 aromatic heterocycles. The summed E-state index contributed by atoms with van der Waals surface area (Å²) < 4.78 is 0. The number of hydrogen-bond donors (Lipinski definition) is 1. The predicted molar refractivity (Wildman–Crippen MR) is 129 cm³/mol. The highest BCUT2D eigenvalue weighted by Crippen LogP contribution is 2.43. The van der Waals surface area contributed by atoms with Gasteiger partial charge in [0.25, 0.3) is 5.91 Å². The molecule has 1 N–H and O–H groups in total. The first-order chi connectivity index (χ1) is 16.0. The molecule has 0 spiro atoms. The Morgan fingerprint density at radius 3 is 2.61 bits per heavy atom. The van der Waals surface area contributed by atoms with Gasteiger partial charge in [-0.05, 0) is 37.3 Å². The van der Waals surface area contributed by atoms with Crippen molar-refractivity contribution in [2.24, 2.45) is 9.98 Å². The van der Waals surface area contributed by atoms with Gasteiger partial charge in [-0.2, -0.15) is 0 Å². The number of fused-ring (bicyclic) bond motifs is 1. The minimum atomic E-state index is -0.352. The summed E-state index contributed by atoms with van der Waals surface area (Å²) in [5.74, 6) is -0.576. The van der Waals surface area contributed by atoms with Gasteiger partial charge in [0.05, 0.1) is 24.9 Å². The van der Waals surface area contributed by atoms with Crippen molar-refractivity contribution < 1.29 is 14.7 Å². The van der Waals surface area contributed by atoms with Gasteiger partial charge in [-0.1, -0.05) is 54.1 Å². The molecule has 33 heavy (non-hydrogen) atoms. The highest BCUT2D eigenvalue weighted by molar-refractivity contribution is 5.97. The van der Waals surface area contributed by atoms with E-state index in [0.29, 0.717) is 6.54 Å². The van der Waals surface area contributed by atoms with E-state index < -0.39 is 0 Å². The van der Waals surface area contributed by atoms with Gasteiger partial charge in [-0.15, -0.1) is 0 Å². The number of benzene rings is 2. The number of aliphatic imine (C=N–C) groups is 2. The average molecular weight is 445 g/mol. The average Bonchev–Trinajstić information content (AvgIpc) is 2.80. The van der Waals surface area contributed by atoms with Gasteiger partial charge in [-0.3, -0.25) is 19.6 Å². The molecule has 2 aliphatic heterocycles. The number of hydrogen-bond acceptors (Lipinski definition) is 5. The van der Waals surface area contributed by atoms with Gasteiger partial charge in [0.1, 0.15) is 12.2 Å². The van der Waals surface area contributed by atoms with Crippen LogP contribution in [0.4, 0.5) is 0 Å². The maximum absolute atomic E-state index is 13.0. The maximum atomic E-state index is 13.0. The molecule has 0 saturated carbocycles. The first-order valence-corrected chi connectivity index (χ1v) is 11.0.